The molecule has 1 amide bonds. The molecule has 1 atom stereocenters. The number of rotatable bonds is 5. The highest BCUT2D eigenvalue weighted by molar-refractivity contribution is 8.19. The van der Waals surface area contributed by atoms with Gasteiger partial charge < -0.3 is 10.1 Å². The first kappa shape index (κ1) is 17.8. The van der Waals surface area contributed by atoms with Crippen LogP contribution in [0.2, 0.25) is 0 Å². The second-order valence-electron chi connectivity index (χ2n) is 6.61. The minimum Gasteiger partial charge on any atom is -0.483 e. The summed E-state index contributed by atoms with van der Waals surface area (Å²) in [6.45, 7) is 0.0672. The van der Waals surface area contributed by atoms with Crippen molar-refractivity contribution in [2.75, 3.05) is 18.1 Å². The Bertz CT molecular complexity index is 774. The molecule has 1 heterocycles. The van der Waals surface area contributed by atoms with Crippen LogP contribution in [0, 0.1) is 0 Å². The molecule has 3 nitrogen and oxygen atoms in total. The number of aryl methyl sites for hydroxylation is 1. The molecule has 1 N–H and O–H groups in total. The summed E-state index contributed by atoms with van der Waals surface area (Å²) < 4.78 is 6.32. The van der Waals surface area contributed by atoms with Crippen LogP contribution in [0.5, 0.6) is 5.75 Å². The first-order valence-electron chi connectivity index (χ1n) is 9.13. The maximum Gasteiger partial charge on any atom is 0.258 e. The maximum atomic E-state index is 12.5. The molecular weight excluding hydrogens is 362 g/mol. The Kier molecular flexibility index (Phi) is 5.75. The van der Waals surface area contributed by atoms with Crippen molar-refractivity contribution in [3.05, 3.63) is 65.2 Å². The number of nitrogens with one attached hydrogen (secondary N) is 1. The van der Waals surface area contributed by atoms with E-state index >= 15 is 0 Å². The van der Waals surface area contributed by atoms with E-state index in [9.17, 15) is 4.79 Å². The van der Waals surface area contributed by atoms with Crippen molar-refractivity contribution in [3.63, 3.8) is 0 Å². The van der Waals surface area contributed by atoms with Crippen molar-refractivity contribution in [3.8, 4) is 5.75 Å². The summed E-state index contributed by atoms with van der Waals surface area (Å²) in [5, 5.41) is 3.16. The van der Waals surface area contributed by atoms with Crippen molar-refractivity contribution in [1.29, 1.82) is 0 Å². The van der Waals surface area contributed by atoms with E-state index in [1.165, 1.54) is 28.2 Å². The van der Waals surface area contributed by atoms with Crippen LogP contribution in [0.4, 0.5) is 0 Å². The fraction of sp³-hybridized carbons (Fsp3) is 0.381. The van der Waals surface area contributed by atoms with E-state index in [4.69, 9.17) is 4.74 Å². The van der Waals surface area contributed by atoms with Gasteiger partial charge in [0.1, 0.15) is 5.75 Å². The van der Waals surface area contributed by atoms with Crippen molar-refractivity contribution < 1.29 is 9.53 Å². The molecular formula is C21H23NO2S2. The van der Waals surface area contributed by atoms with Crippen LogP contribution >= 0.6 is 23.5 Å². The lowest BCUT2D eigenvalue weighted by molar-refractivity contribution is -0.124. The first-order chi connectivity index (χ1) is 12.8. The van der Waals surface area contributed by atoms with Crippen molar-refractivity contribution in [2.45, 2.75) is 29.9 Å². The number of para-hydroxylation sites is 1. The molecule has 2 aromatic carbocycles. The quantitative estimate of drug-likeness (QED) is 0.807. The van der Waals surface area contributed by atoms with Crippen molar-refractivity contribution >= 4 is 29.4 Å². The SMILES string of the molecule is O=C(COc1ccccc1C1SCCS1)N[C@@H]1CCCc2ccccc21. The number of hydrogen-bond acceptors (Lipinski definition) is 4. The van der Waals surface area contributed by atoms with E-state index in [2.05, 4.69) is 29.6 Å². The van der Waals surface area contributed by atoms with Gasteiger partial charge in [0.2, 0.25) is 0 Å². The van der Waals surface area contributed by atoms with Crippen LogP contribution in [0.1, 0.15) is 40.2 Å². The lowest BCUT2D eigenvalue weighted by Crippen LogP contribution is -2.34. The standard InChI is InChI=1S/C21H23NO2S2/c23-20(22-18-10-5-7-15-6-1-2-8-16(15)18)14-24-19-11-4-3-9-17(19)21-25-12-13-26-21/h1-4,6,8-9,11,18,21H,5,7,10,12-14H2,(H,22,23)/t18-/m1/s1. The third-order valence-corrected chi connectivity index (χ3v) is 7.93. The van der Waals surface area contributed by atoms with Crippen molar-refractivity contribution in [2.24, 2.45) is 0 Å². The molecule has 1 saturated heterocycles. The summed E-state index contributed by atoms with van der Waals surface area (Å²) in [5.41, 5.74) is 3.80. The second-order valence-corrected chi connectivity index (χ2v) is 9.34. The first-order valence-corrected chi connectivity index (χ1v) is 11.2. The van der Waals surface area contributed by atoms with Gasteiger partial charge in [0.15, 0.2) is 6.61 Å². The van der Waals surface area contributed by atoms with E-state index in [-0.39, 0.29) is 18.6 Å². The lowest BCUT2D eigenvalue weighted by atomic mass is 9.88. The van der Waals surface area contributed by atoms with Crippen LogP contribution in [0.25, 0.3) is 0 Å². The van der Waals surface area contributed by atoms with Crippen LogP contribution in [-0.2, 0) is 11.2 Å². The molecule has 1 aliphatic heterocycles. The van der Waals surface area contributed by atoms with Gasteiger partial charge in [0.05, 0.1) is 10.6 Å². The molecule has 2 aromatic rings. The second kappa shape index (κ2) is 8.40. The van der Waals surface area contributed by atoms with Crippen LogP contribution in [-0.4, -0.2) is 24.0 Å². The third-order valence-electron chi connectivity index (χ3n) is 4.86. The zero-order chi connectivity index (χ0) is 17.8. The molecule has 5 heteroatoms. The maximum absolute atomic E-state index is 12.5. The van der Waals surface area contributed by atoms with Gasteiger partial charge in [-0.05, 0) is 36.5 Å². The Morgan fingerprint density at radius 1 is 1.04 bits per heavy atom. The summed E-state index contributed by atoms with van der Waals surface area (Å²) in [6, 6.07) is 16.6. The Morgan fingerprint density at radius 2 is 1.77 bits per heavy atom. The fourth-order valence-corrected chi connectivity index (χ4v) is 6.54. The molecule has 0 unspecified atom stereocenters. The van der Waals surface area contributed by atoms with Gasteiger partial charge in [-0.1, -0.05) is 42.5 Å². The zero-order valence-electron chi connectivity index (χ0n) is 14.6. The smallest absolute Gasteiger partial charge is 0.258 e. The van der Waals surface area contributed by atoms with Gasteiger partial charge in [-0.2, -0.15) is 0 Å². The number of fused-ring (bicyclic) bond motifs is 1. The predicted molar refractivity (Wildman–Crippen MR) is 110 cm³/mol. The molecule has 0 radical (unpaired) electrons. The van der Waals surface area contributed by atoms with Gasteiger partial charge >= 0.3 is 0 Å². The number of carbonyl (C=O) groups excluding carboxylic acids is 1. The fourth-order valence-electron chi connectivity index (χ4n) is 3.63. The molecule has 0 saturated carbocycles. The monoisotopic (exact) mass is 385 g/mol. The molecule has 0 spiro atoms. The van der Waals surface area contributed by atoms with E-state index in [1.807, 2.05) is 47.8 Å². The highest BCUT2D eigenvalue weighted by Gasteiger charge is 2.23. The van der Waals surface area contributed by atoms with E-state index in [0.29, 0.717) is 4.58 Å². The summed E-state index contributed by atoms with van der Waals surface area (Å²) >= 11 is 3.89. The van der Waals surface area contributed by atoms with E-state index in [1.54, 1.807) is 0 Å². The lowest BCUT2D eigenvalue weighted by Gasteiger charge is -2.26. The predicted octanol–water partition coefficient (Wildman–Crippen LogP) is 4.74. The van der Waals surface area contributed by atoms with E-state index < -0.39 is 0 Å². The Labute approximate surface area is 163 Å². The Balaban J connectivity index is 1.38. The minimum atomic E-state index is -0.0479. The Morgan fingerprint density at radius 3 is 2.62 bits per heavy atom. The molecule has 1 aliphatic carbocycles. The summed E-state index contributed by atoms with van der Waals surface area (Å²) in [4.78, 5) is 12.5. The van der Waals surface area contributed by atoms with Crippen LogP contribution in [0.15, 0.2) is 48.5 Å². The number of ether oxygens (including phenoxy) is 1. The van der Waals surface area contributed by atoms with Gasteiger partial charge in [-0.15, -0.1) is 23.5 Å². The summed E-state index contributed by atoms with van der Waals surface area (Å²) in [7, 11) is 0. The van der Waals surface area contributed by atoms with Gasteiger partial charge in [0, 0.05) is 17.1 Å². The molecule has 26 heavy (non-hydrogen) atoms. The van der Waals surface area contributed by atoms with Crippen LogP contribution in [0.3, 0.4) is 0 Å². The molecule has 4 rings (SSSR count). The van der Waals surface area contributed by atoms with Crippen LogP contribution < -0.4 is 10.1 Å². The van der Waals surface area contributed by atoms with Gasteiger partial charge in [-0.3, -0.25) is 4.79 Å². The zero-order valence-corrected chi connectivity index (χ0v) is 16.3. The molecule has 0 bridgehead atoms. The molecule has 136 valence electrons. The highest BCUT2D eigenvalue weighted by Crippen LogP contribution is 2.48. The normalized spacial score (nSPS) is 19.8. The highest BCUT2D eigenvalue weighted by atomic mass is 32.2. The number of hydrogen-bond donors (Lipinski definition) is 1. The average Bonchev–Trinajstić information content (AvgIpc) is 3.21. The minimum absolute atomic E-state index is 0.0479. The molecule has 0 aromatic heterocycles. The van der Waals surface area contributed by atoms with E-state index in [0.717, 1.165) is 25.0 Å². The van der Waals surface area contributed by atoms with Gasteiger partial charge in [0.25, 0.3) is 5.91 Å². The number of carbonyl (C=O) groups is 1. The largest absolute Gasteiger partial charge is 0.483 e. The average molecular weight is 386 g/mol. The summed E-state index contributed by atoms with van der Waals surface area (Å²) in [5.74, 6) is 3.13. The van der Waals surface area contributed by atoms with Gasteiger partial charge in [-0.25, -0.2) is 0 Å². The molecule has 1 fully saturated rings. The van der Waals surface area contributed by atoms with Crippen molar-refractivity contribution in [1.82, 2.24) is 5.32 Å². The topological polar surface area (TPSA) is 38.3 Å². The Hall–Kier alpha value is -1.59. The number of benzene rings is 2. The molecule has 2 aliphatic rings. The summed E-state index contributed by atoms with van der Waals surface area (Å²) in [6.07, 6.45) is 3.21. The third kappa shape index (κ3) is 4.04. The number of amides is 1. The number of thioether (sulfide) groups is 2.